The first-order valence-electron chi connectivity index (χ1n) is 5.22. The number of hydrogen-bond acceptors (Lipinski definition) is 4. The zero-order valence-corrected chi connectivity index (χ0v) is 8.54. The second-order valence-electron chi connectivity index (χ2n) is 3.72. The molecule has 0 bridgehead atoms. The van der Waals surface area contributed by atoms with Gasteiger partial charge in [0.15, 0.2) is 0 Å². The molecule has 1 unspecified atom stereocenters. The molecule has 1 atom stereocenters. The highest BCUT2D eigenvalue weighted by Gasteiger charge is 2.12. The summed E-state index contributed by atoms with van der Waals surface area (Å²) in [4.78, 5) is 7.87. The van der Waals surface area contributed by atoms with Crippen molar-refractivity contribution < 1.29 is 4.39 Å². The van der Waals surface area contributed by atoms with Gasteiger partial charge in [-0.15, -0.1) is 0 Å². The monoisotopic (exact) mass is 210 g/mol. The molecule has 1 fully saturated rings. The maximum atomic E-state index is 12.4. The number of hydrogen-bond donors (Lipinski definition) is 2. The molecule has 82 valence electrons. The zero-order valence-electron chi connectivity index (χ0n) is 8.54. The smallest absolute Gasteiger partial charge is 0.132 e. The topological polar surface area (TPSA) is 49.8 Å². The van der Waals surface area contributed by atoms with E-state index in [-0.39, 0.29) is 0 Å². The van der Waals surface area contributed by atoms with Crippen LogP contribution in [0.4, 0.5) is 10.2 Å². The van der Waals surface area contributed by atoms with Crippen molar-refractivity contribution in [3.63, 3.8) is 0 Å². The van der Waals surface area contributed by atoms with Crippen LogP contribution in [0, 0.1) is 0 Å². The molecule has 0 amide bonds. The molecule has 2 rings (SSSR count). The summed E-state index contributed by atoms with van der Waals surface area (Å²) in [5.74, 6) is 0.714. The third-order valence-corrected chi connectivity index (χ3v) is 2.51. The van der Waals surface area contributed by atoms with Crippen LogP contribution in [0.3, 0.4) is 0 Å². The van der Waals surface area contributed by atoms with E-state index in [2.05, 4.69) is 20.6 Å². The number of nitrogens with zero attached hydrogens (tertiary/aromatic N) is 2. The summed E-state index contributed by atoms with van der Waals surface area (Å²) in [6.45, 7) is 1.48. The minimum absolute atomic E-state index is 0.390. The molecule has 2 heterocycles. The van der Waals surface area contributed by atoms with E-state index in [4.69, 9.17) is 0 Å². The minimum atomic E-state index is -0.542. The Labute approximate surface area is 88.3 Å². The Hall–Kier alpha value is -1.23. The Morgan fingerprint density at radius 2 is 2.47 bits per heavy atom. The normalized spacial score (nSPS) is 21.3. The van der Waals surface area contributed by atoms with Gasteiger partial charge in [0.2, 0.25) is 0 Å². The minimum Gasteiger partial charge on any atom is -0.366 e. The fraction of sp³-hybridized carbons (Fsp3) is 0.600. The van der Waals surface area contributed by atoms with Gasteiger partial charge >= 0.3 is 0 Å². The molecular formula is C10H15FN4. The van der Waals surface area contributed by atoms with Crippen LogP contribution in [0.15, 0.2) is 12.4 Å². The number of aromatic nitrogens is 2. The van der Waals surface area contributed by atoms with Gasteiger partial charge in [-0.05, 0) is 19.4 Å². The molecule has 0 saturated carbocycles. The van der Waals surface area contributed by atoms with Gasteiger partial charge in [-0.2, -0.15) is 0 Å². The van der Waals surface area contributed by atoms with Gasteiger partial charge in [-0.3, -0.25) is 0 Å². The van der Waals surface area contributed by atoms with Crippen LogP contribution >= 0.6 is 0 Å². The van der Waals surface area contributed by atoms with Gasteiger partial charge in [-0.25, -0.2) is 14.4 Å². The summed E-state index contributed by atoms with van der Waals surface area (Å²) >= 11 is 0. The number of anilines is 1. The van der Waals surface area contributed by atoms with Gasteiger partial charge in [0.05, 0.1) is 5.69 Å². The van der Waals surface area contributed by atoms with Crippen LogP contribution in [-0.4, -0.2) is 29.1 Å². The standard InChI is InChI=1S/C10H15FN4/c11-5-9-4-10(14-7-13-9)15-8-2-1-3-12-6-8/h4,7-8,12H,1-3,5-6H2,(H,13,14,15). The van der Waals surface area contributed by atoms with Gasteiger partial charge < -0.3 is 10.6 Å². The second-order valence-corrected chi connectivity index (χ2v) is 3.72. The van der Waals surface area contributed by atoms with Crippen molar-refractivity contribution in [2.24, 2.45) is 0 Å². The van der Waals surface area contributed by atoms with Crippen LogP contribution in [0.2, 0.25) is 0 Å². The van der Waals surface area contributed by atoms with E-state index in [9.17, 15) is 4.39 Å². The summed E-state index contributed by atoms with van der Waals surface area (Å²) in [5, 5.41) is 6.58. The Morgan fingerprint density at radius 3 is 3.20 bits per heavy atom. The summed E-state index contributed by atoms with van der Waals surface area (Å²) in [5.41, 5.74) is 0.427. The molecule has 1 aromatic heterocycles. The molecule has 1 saturated heterocycles. The Kier molecular flexibility index (Phi) is 3.45. The molecule has 0 aliphatic carbocycles. The largest absolute Gasteiger partial charge is 0.366 e. The lowest BCUT2D eigenvalue weighted by atomic mass is 10.1. The molecule has 0 spiro atoms. The van der Waals surface area contributed by atoms with Crippen LogP contribution in [-0.2, 0) is 6.67 Å². The van der Waals surface area contributed by atoms with Crippen LogP contribution in [0.25, 0.3) is 0 Å². The molecule has 1 aliphatic rings. The average molecular weight is 210 g/mol. The van der Waals surface area contributed by atoms with Crippen LogP contribution in [0.1, 0.15) is 18.5 Å². The lowest BCUT2D eigenvalue weighted by molar-refractivity contribution is 0.472. The number of halogens is 1. The van der Waals surface area contributed by atoms with Crippen LogP contribution in [0.5, 0.6) is 0 Å². The number of piperidine rings is 1. The van der Waals surface area contributed by atoms with Gasteiger partial charge in [0.25, 0.3) is 0 Å². The lowest BCUT2D eigenvalue weighted by Gasteiger charge is -2.24. The molecular weight excluding hydrogens is 195 g/mol. The number of rotatable bonds is 3. The first-order valence-corrected chi connectivity index (χ1v) is 5.22. The van der Waals surface area contributed by atoms with Crippen molar-refractivity contribution in [3.8, 4) is 0 Å². The van der Waals surface area contributed by atoms with Crippen molar-refractivity contribution in [1.82, 2.24) is 15.3 Å². The second kappa shape index (κ2) is 5.02. The molecule has 2 N–H and O–H groups in total. The molecule has 0 aromatic carbocycles. The van der Waals surface area contributed by atoms with E-state index in [0.29, 0.717) is 17.6 Å². The van der Waals surface area contributed by atoms with Crippen molar-refractivity contribution in [2.45, 2.75) is 25.6 Å². The molecule has 0 radical (unpaired) electrons. The molecule has 15 heavy (non-hydrogen) atoms. The van der Waals surface area contributed by atoms with E-state index in [1.807, 2.05) is 0 Å². The predicted molar refractivity (Wildman–Crippen MR) is 56.4 cm³/mol. The number of alkyl halides is 1. The Bertz CT molecular complexity index is 312. The maximum absolute atomic E-state index is 12.4. The van der Waals surface area contributed by atoms with Crippen molar-refractivity contribution in [1.29, 1.82) is 0 Å². The zero-order chi connectivity index (χ0) is 10.5. The van der Waals surface area contributed by atoms with E-state index >= 15 is 0 Å². The average Bonchev–Trinajstić information content (AvgIpc) is 2.31. The Morgan fingerprint density at radius 1 is 1.53 bits per heavy atom. The predicted octanol–water partition coefficient (Wildman–Crippen LogP) is 1.11. The first kappa shape index (κ1) is 10.3. The van der Waals surface area contributed by atoms with Gasteiger partial charge in [0, 0.05) is 18.7 Å². The first-order chi connectivity index (χ1) is 7.38. The fourth-order valence-electron chi connectivity index (χ4n) is 1.73. The molecule has 5 heteroatoms. The number of nitrogens with one attached hydrogen (secondary N) is 2. The molecule has 1 aliphatic heterocycles. The third kappa shape index (κ3) is 2.86. The van der Waals surface area contributed by atoms with E-state index in [0.717, 1.165) is 19.5 Å². The van der Waals surface area contributed by atoms with Crippen LogP contribution < -0.4 is 10.6 Å². The van der Waals surface area contributed by atoms with E-state index in [1.165, 1.54) is 12.7 Å². The molecule has 1 aromatic rings. The SMILES string of the molecule is FCc1cc(NC2CCCNC2)ncn1. The van der Waals surface area contributed by atoms with Crippen molar-refractivity contribution in [2.75, 3.05) is 18.4 Å². The van der Waals surface area contributed by atoms with Gasteiger partial charge in [0.1, 0.15) is 18.8 Å². The van der Waals surface area contributed by atoms with Crippen molar-refractivity contribution >= 4 is 5.82 Å². The highest BCUT2D eigenvalue weighted by Crippen LogP contribution is 2.10. The Balaban J connectivity index is 1.96. The maximum Gasteiger partial charge on any atom is 0.132 e. The highest BCUT2D eigenvalue weighted by atomic mass is 19.1. The van der Waals surface area contributed by atoms with Gasteiger partial charge in [-0.1, -0.05) is 0 Å². The van der Waals surface area contributed by atoms with E-state index < -0.39 is 6.67 Å². The summed E-state index contributed by atoms with van der Waals surface area (Å²) in [6, 6.07) is 2.05. The summed E-state index contributed by atoms with van der Waals surface area (Å²) in [6.07, 6.45) is 3.69. The highest BCUT2D eigenvalue weighted by molar-refractivity contribution is 5.36. The quantitative estimate of drug-likeness (QED) is 0.784. The lowest BCUT2D eigenvalue weighted by Crippen LogP contribution is -2.38. The summed E-state index contributed by atoms with van der Waals surface area (Å²) in [7, 11) is 0. The van der Waals surface area contributed by atoms with Crippen molar-refractivity contribution in [3.05, 3.63) is 18.1 Å². The third-order valence-electron chi connectivity index (χ3n) is 2.51. The fourth-order valence-corrected chi connectivity index (χ4v) is 1.73. The molecule has 4 nitrogen and oxygen atoms in total. The van der Waals surface area contributed by atoms with E-state index in [1.54, 1.807) is 6.07 Å². The summed E-state index contributed by atoms with van der Waals surface area (Å²) < 4.78 is 12.4.